The minimum atomic E-state index is -2.30. The van der Waals surface area contributed by atoms with E-state index in [1.807, 2.05) is 13.8 Å². The second-order valence-electron chi connectivity index (χ2n) is 10.9. The molecule has 184 valence electrons. The predicted octanol–water partition coefficient (Wildman–Crippen LogP) is 4.71. The standard InChI is InChI=1S/C26H29F3O5/c1-13-7-15-16-8-18(28)17-9-19(30)14(12-27)10-25(17,3)26(16,29)21(31)11-24(15,2)22(13)34-23(32)20-5-4-6-33-20/h4-6,9-10,13,15-16,18,21-22,31H,7-8,11-12H2,1-3H3/t13-,15+,16+,18+,21+,22+,24+,25+,26+/m1/s1. The van der Waals surface area contributed by atoms with Gasteiger partial charge >= 0.3 is 5.97 Å². The molecule has 0 spiro atoms. The quantitative estimate of drug-likeness (QED) is 0.637. The van der Waals surface area contributed by atoms with Crippen molar-refractivity contribution in [2.45, 2.75) is 64.1 Å². The van der Waals surface area contributed by atoms with E-state index in [2.05, 4.69) is 0 Å². The number of ketones is 1. The van der Waals surface area contributed by atoms with Gasteiger partial charge in [-0.15, -0.1) is 0 Å². The average molecular weight is 479 g/mol. The number of hydrogen-bond acceptors (Lipinski definition) is 5. The van der Waals surface area contributed by atoms with Crippen molar-refractivity contribution in [3.05, 3.63) is 47.5 Å². The van der Waals surface area contributed by atoms with Crippen LogP contribution >= 0.6 is 0 Å². The molecule has 5 nitrogen and oxygen atoms in total. The highest BCUT2D eigenvalue weighted by molar-refractivity contribution is 6.06. The molecule has 0 unspecified atom stereocenters. The zero-order chi connectivity index (χ0) is 24.6. The maximum absolute atomic E-state index is 17.2. The molecular formula is C26H29F3O5. The van der Waals surface area contributed by atoms with Crippen LogP contribution in [-0.4, -0.2) is 47.6 Å². The smallest absolute Gasteiger partial charge is 0.374 e. The van der Waals surface area contributed by atoms with Gasteiger partial charge in [0.2, 0.25) is 5.76 Å². The topological polar surface area (TPSA) is 76.7 Å². The molecule has 3 saturated carbocycles. The van der Waals surface area contributed by atoms with Crippen molar-refractivity contribution in [1.29, 1.82) is 0 Å². The van der Waals surface area contributed by atoms with Gasteiger partial charge in [-0.2, -0.15) is 0 Å². The lowest BCUT2D eigenvalue weighted by Crippen LogP contribution is -2.68. The SMILES string of the molecule is C[C@@H]1C[C@H]2[C@@H]3C[C@H](F)C4=CC(=O)C(CF)=C[C@]4(C)[C@@]3(F)[C@@H](O)C[C@]2(C)[C@H]1OC(=O)c1ccco1. The molecule has 0 saturated heterocycles. The van der Waals surface area contributed by atoms with Gasteiger partial charge < -0.3 is 14.3 Å². The Labute approximate surface area is 196 Å². The molecule has 0 bridgehead atoms. The normalized spacial score (nSPS) is 45.6. The first-order chi connectivity index (χ1) is 16.0. The molecule has 9 atom stereocenters. The highest BCUT2D eigenvalue weighted by Gasteiger charge is 2.73. The van der Waals surface area contributed by atoms with Crippen molar-refractivity contribution in [1.82, 2.24) is 0 Å². The average Bonchev–Trinajstić information content (AvgIpc) is 3.40. The van der Waals surface area contributed by atoms with Gasteiger partial charge in [0.1, 0.15) is 19.0 Å². The summed E-state index contributed by atoms with van der Waals surface area (Å²) >= 11 is 0. The number of furan rings is 1. The van der Waals surface area contributed by atoms with Gasteiger partial charge in [-0.3, -0.25) is 4.79 Å². The largest absolute Gasteiger partial charge is 0.457 e. The lowest BCUT2D eigenvalue weighted by Gasteiger charge is -2.62. The van der Waals surface area contributed by atoms with Crippen molar-refractivity contribution < 1.29 is 37.0 Å². The van der Waals surface area contributed by atoms with Crippen LogP contribution in [0.1, 0.15) is 50.6 Å². The Morgan fingerprint density at radius 2 is 2.03 bits per heavy atom. The summed E-state index contributed by atoms with van der Waals surface area (Å²) in [5, 5.41) is 11.3. The van der Waals surface area contributed by atoms with Crippen LogP contribution in [0.5, 0.6) is 0 Å². The minimum absolute atomic E-state index is 0.0162. The minimum Gasteiger partial charge on any atom is -0.457 e. The molecule has 1 aromatic heterocycles. The summed E-state index contributed by atoms with van der Waals surface area (Å²) in [5.74, 6) is -2.69. The summed E-state index contributed by atoms with van der Waals surface area (Å²) in [6, 6.07) is 3.07. The summed E-state index contributed by atoms with van der Waals surface area (Å²) in [6.07, 6.45) is 0.0903. The van der Waals surface area contributed by atoms with Crippen LogP contribution in [0.2, 0.25) is 0 Å². The van der Waals surface area contributed by atoms with Crippen molar-refractivity contribution in [3.8, 4) is 0 Å². The van der Waals surface area contributed by atoms with E-state index in [-0.39, 0.29) is 41.6 Å². The van der Waals surface area contributed by atoms with Gasteiger partial charge in [0.25, 0.3) is 0 Å². The van der Waals surface area contributed by atoms with Crippen LogP contribution in [0.15, 0.2) is 46.1 Å². The Morgan fingerprint density at radius 3 is 2.68 bits per heavy atom. The maximum atomic E-state index is 17.2. The van der Waals surface area contributed by atoms with E-state index < -0.39 is 59.2 Å². The third kappa shape index (κ3) is 2.90. The van der Waals surface area contributed by atoms with Gasteiger partial charge in [0, 0.05) is 22.3 Å². The number of alkyl halides is 3. The number of aliphatic hydroxyl groups is 1. The highest BCUT2D eigenvalue weighted by atomic mass is 19.1. The molecule has 0 aliphatic heterocycles. The first kappa shape index (κ1) is 23.4. The Kier molecular flexibility index (Phi) is 5.21. The molecule has 5 rings (SSSR count). The summed E-state index contributed by atoms with van der Waals surface area (Å²) < 4.78 is 57.3. The van der Waals surface area contributed by atoms with E-state index in [1.54, 1.807) is 6.07 Å². The third-order valence-electron chi connectivity index (χ3n) is 9.14. The summed E-state index contributed by atoms with van der Waals surface area (Å²) in [6.45, 7) is 4.13. The van der Waals surface area contributed by atoms with Gasteiger partial charge in [-0.25, -0.2) is 18.0 Å². The number of esters is 1. The Hall–Kier alpha value is -2.35. The van der Waals surface area contributed by atoms with Crippen LogP contribution in [0, 0.1) is 28.6 Å². The zero-order valence-corrected chi connectivity index (χ0v) is 19.4. The highest BCUT2D eigenvalue weighted by Crippen LogP contribution is 2.69. The second-order valence-corrected chi connectivity index (χ2v) is 10.9. The van der Waals surface area contributed by atoms with Gasteiger partial charge in [0.15, 0.2) is 11.5 Å². The molecule has 4 aliphatic rings. The fourth-order valence-electron chi connectivity index (χ4n) is 7.63. The fourth-order valence-corrected chi connectivity index (χ4v) is 7.63. The van der Waals surface area contributed by atoms with Crippen molar-refractivity contribution in [2.75, 3.05) is 6.67 Å². The number of carbonyl (C=O) groups is 2. The molecule has 1 N–H and O–H groups in total. The second kappa shape index (κ2) is 7.57. The number of halogens is 3. The van der Waals surface area contributed by atoms with E-state index >= 15 is 8.78 Å². The van der Waals surface area contributed by atoms with Gasteiger partial charge in [-0.05, 0) is 61.8 Å². The molecule has 0 radical (unpaired) electrons. The molecule has 0 aromatic carbocycles. The van der Waals surface area contributed by atoms with Crippen molar-refractivity contribution >= 4 is 11.8 Å². The molecule has 0 amide bonds. The zero-order valence-electron chi connectivity index (χ0n) is 19.4. The number of ether oxygens (including phenoxy) is 1. The monoisotopic (exact) mass is 478 g/mol. The number of carbonyl (C=O) groups excluding carboxylic acids is 2. The number of rotatable bonds is 3. The summed E-state index contributed by atoms with van der Waals surface area (Å²) in [7, 11) is 0. The lowest BCUT2D eigenvalue weighted by atomic mass is 9.45. The van der Waals surface area contributed by atoms with Crippen LogP contribution in [0.25, 0.3) is 0 Å². The van der Waals surface area contributed by atoms with Crippen LogP contribution in [0.4, 0.5) is 13.2 Å². The van der Waals surface area contributed by atoms with Gasteiger partial charge in [-0.1, -0.05) is 19.9 Å². The van der Waals surface area contributed by atoms with E-state index in [0.29, 0.717) is 6.42 Å². The van der Waals surface area contributed by atoms with E-state index in [1.165, 1.54) is 25.3 Å². The fraction of sp³-hybridized carbons (Fsp3) is 0.615. The lowest BCUT2D eigenvalue weighted by molar-refractivity contribution is -0.207. The van der Waals surface area contributed by atoms with Crippen LogP contribution in [-0.2, 0) is 9.53 Å². The first-order valence-corrected chi connectivity index (χ1v) is 11.8. The Balaban J connectivity index is 1.55. The molecule has 4 aliphatic carbocycles. The predicted molar refractivity (Wildman–Crippen MR) is 116 cm³/mol. The number of hydrogen-bond donors (Lipinski definition) is 1. The van der Waals surface area contributed by atoms with Crippen LogP contribution < -0.4 is 0 Å². The van der Waals surface area contributed by atoms with Gasteiger partial charge in [0.05, 0.1) is 12.4 Å². The van der Waals surface area contributed by atoms with Crippen molar-refractivity contribution in [3.63, 3.8) is 0 Å². The summed E-state index contributed by atoms with van der Waals surface area (Å²) in [4.78, 5) is 24.9. The number of allylic oxidation sites excluding steroid dienone is 4. The first-order valence-electron chi connectivity index (χ1n) is 11.8. The molecule has 3 fully saturated rings. The third-order valence-corrected chi connectivity index (χ3v) is 9.14. The molecule has 34 heavy (non-hydrogen) atoms. The Morgan fingerprint density at radius 1 is 1.29 bits per heavy atom. The summed E-state index contributed by atoms with van der Waals surface area (Å²) in [5.41, 5.74) is -5.01. The Bertz CT molecular complexity index is 1080. The molecular weight excluding hydrogens is 449 g/mol. The van der Waals surface area contributed by atoms with E-state index in [9.17, 15) is 19.1 Å². The number of aliphatic hydroxyl groups excluding tert-OH is 1. The maximum Gasteiger partial charge on any atom is 0.374 e. The molecule has 8 heteroatoms. The molecule has 1 heterocycles. The van der Waals surface area contributed by atoms with Crippen molar-refractivity contribution in [2.24, 2.45) is 28.6 Å². The molecule has 1 aromatic rings. The van der Waals surface area contributed by atoms with E-state index in [0.717, 1.165) is 6.08 Å². The van der Waals surface area contributed by atoms with Crippen LogP contribution in [0.3, 0.4) is 0 Å². The number of fused-ring (bicyclic) bond motifs is 5. The van der Waals surface area contributed by atoms with E-state index in [4.69, 9.17) is 9.15 Å².